The van der Waals surface area contributed by atoms with Gasteiger partial charge in [-0.2, -0.15) is 8.78 Å². The molecule has 0 saturated carbocycles. The van der Waals surface area contributed by atoms with E-state index in [1.807, 2.05) is 0 Å². The molecule has 1 aromatic heterocycles. The lowest BCUT2D eigenvalue weighted by Crippen LogP contribution is -2.25. The normalized spacial score (nSPS) is 10.7. The number of aromatic carboxylic acids is 1. The first kappa shape index (κ1) is 19.2. The van der Waals surface area contributed by atoms with Crippen molar-refractivity contribution in [2.24, 2.45) is 0 Å². The van der Waals surface area contributed by atoms with Crippen molar-refractivity contribution >= 4 is 11.9 Å². The van der Waals surface area contributed by atoms with Crippen LogP contribution in [0.3, 0.4) is 0 Å². The Balaban J connectivity index is 2.14. The van der Waals surface area contributed by atoms with Gasteiger partial charge in [-0.15, -0.1) is 0 Å². The smallest absolute Gasteiger partial charge is 0.387 e. The van der Waals surface area contributed by atoms with Crippen molar-refractivity contribution < 1.29 is 37.4 Å². The number of furan rings is 1. The van der Waals surface area contributed by atoms with Gasteiger partial charge < -0.3 is 23.9 Å². The van der Waals surface area contributed by atoms with E-state index in [2.05, 4.69) is 4.74 Å². The highest BCUT2D eigenvalue weighted by molar-refractivity contribution is 5.93. The van der Waals surface area contributed by atoms with Gasteiger partial charge in [-0.05, 0) is 36.8 Å². The standard InChI is InChI=1S/C17H17F2NO6/c1-3-24-14-8-10(4-5-11(14)26-17(18)19)9-20(2)15(21)12-6-7-13(25-12)16(22)23/h4-8,17H,3,9H2,1-2H3,(H,22,23). The molecule has 0 unspecified atom stereocenters. The first-order chi connectivity index (χ1) is 12.3. The summed E-state index contributed by atoms with van der Waals surface area (Å²) in [7, 11) is 1.50. The number of rotatable bonds is 8. The number of alkyl halides is 2. The molecule has 0 saturated heterocycles. The Hall–Kier alpha value is -3.10. The molecule has 26 heavy (non-hydrogen) atoms. The van der Waals surface area contributed by atoms with Crippen molar-refractivity contribution in [3.05, 3.63) is 47.4 Å². The molecule has 0 atom stereocenters. The predicted molar refractivity (Wildman–Crippen MR) is 85.7 cm³/mol. The van der Waals surface area contributed by atoms with E-state index in [1.54, 1.807) is 6.92 Å². The number of benzene rings is 1. The highest BCUT2D eigenvalue weighted by Gasteiger charge is 2.19. The molecule has 0 aliphatic heterocycles. The minimum Gasteiger partial charge on any atom is -0.490 e. The fraction of sp³-hybridized carbons (Fsp3) is 0.294. The number of carboxylic acid groups (broad SMARTS) is 1. The van der Waals surface area contributed by atoms with E-state index in [-0.39, 0.29) is 36.2 Å². The molecule has 0 bridgehead atoms. The zero-order chi connectivity index (χ0) is 19.3. The van der Waals surface area contributed by atoms with E-state index < -0.39 is 18.5 Å². The minimum absolute atomic E-state index is 0.100. The lowest BCUT2D eigenvalue weighted by molar-refractivity contribution is -0.0514. The van der Waals surface area contributed by atoms with Crippen LogP contribution in [0.2, 0.25) is 0 Å². The molecule has 0 spiro atoms. The van der Waals surface area contributed by atoms with Crippen LogP contribution in [0.5, 0.6) is 11.5 Å². The number of carbonyl (C=O) groups excluding carboxylic acids is 1. The van der Waals surface area contributed by atoms with E-state index in [0.717, 1.165) is 0 Å². The van der Waals surface area contributed by atoms with E-state index >= 15 is 0 Å². The molecule has 0 radical (unpaired) electrons. The number of carboxylic acids is 1. The quantitative estimate of drug-likeness (QED) is 0.768. The molecule has 2 aromatic rings. The van der Waals surface area contributed by atoms with Crippen LogP contribution in [0.25, 0.3) is 0 Å². The number of hydrogen-bond acceptors (Lipinski definition) is 5. The molecule has 1 amide bonds. The van der Waals surface area contributed by atoms with E-state index in [9.17, 15) is 18.4 Å². The van der Waals surface area contributed by atoms with Crippen LogP contribution in [0.4, 0.5) is 8.78 Å². The summed E-state index contributed by atoms with van der Waals surface area (Å²) in [4.78, 5) is 24.4. The number of ether oxygens (including phenoxy) is 2. The summed E-state index contributed by atoms with van der Waals surface area (Å²) in [5, 5.41) is 8.83. The zero-order valence-electron chi connectivity index (χ0n) is 14.1. The van der Waals surface area contributed by atoms with Crippen LogP contribution < -0.4 is 9.47 Å². The van der Waals surface area contributed by atoms with Crippen LogP contribution in [-0.2, 0) is 6.54 Å². The molecule has 0 aliphatic carbocycles. The molecule has 1 N–H and O–H groups in total. The van der Waals surface area contributed by atoms with Crippen LogP contribution in [0, 0.1) is 0 Å². The lowest BCUT2D eigenvalue weighted by atomic mass is 10.2. The molecule has 0 aliphatic rings. The SMILES string of the molecule is CCOc1cc(CN(C)C(=O)c2ccc(C(=O)O)o2)ccc1OC(F)F. The summed E-state index contributed by atoms with van der Waals surface area (Å²) < 4.78 is 39.5. The third-order valence-corrected chi connectivity index (χ3v) is 3.32. The fourth-order valence-corrected chi connectivity index (χ4v) is 2.21. The summed E-state index contributed by atoms with van der Waals surface area (Å²) in [6.07, 6.45) is 0. The van der Waals surface area contributed by atoms with E-state index in [1.165, 1.54) is 42.3 Å². The van der Waals surface area contributed by atoms with Crippen LogP contribution in [0.15, 0.2) is 34.7 Å². The van der Waals surface area contributed by atoms with Crippen molar-refractivity contribution in [3.8, 4) is 11.5 Å². The van der Waals surface area contributed by atoms with Crippen LogP contribution in [0.1, 0.15) is 33.6 Å². The number of nitrogens with zero attached hydrogens (tertiary/aromatic N) is 1. The summed E-state index contributed by atoms with van der Waals surface area (Å²) in [6, 6.07) is 6.81. The first-order valence-corrected chi connectivity index (χ1v) is 7.61. The second-order valence-corrected chi connectivity index (χ2v) is 5.22. The zero-order valence-corrected chi connectivity index (χ0v) is 14.1. The van der Waals surface area contributed by atoms with Crippen molar-refractivity contribution in [2.75, 3.05) is 13.7 Å². The Morgan fingerprint density at radius 1 is 1.19 bits per heavy atom. The molecule has 7 nitrogen and oxygen atoms in total. The topological polar surface area (TPSA) is 89.2 Å². The molecular formula is C17H17F2NO6. The van der Waals surface area contributed by atoms with Gasteiger partial charge >= 0.3 is 12.6 Å². The molecule has 0 fully saturated rings. The monoisotopic (exact) mass is 369 g/mol. The van der Waals surface area contributed by atoms with Gasteiger partial charge in [-0.1, -0.05) is 6.07 Å². The Kier molecular flexibility index (Phi) is 6.16. The molecule has 1 aromatic carbocycles. The van der Waals surface area contributed by atoms with Gasteiger partial charge in [0.15, 0.2) is 17.3 Å². The molecule has 2 rings (SSSR count). The highest BCUT2D eigenvalue weighted by atomic mass is 19.3. The van der Waals surface area contributed by atoms with Crippen LogP contribution >= 0.6 is 0 Å². The van der Waals surface area contributed by atoms with Crippen molar-refractivity contribution in [2.45, 2.75) is 20.1 Å². The summed E-state index contributed by atoms with van der Waals surface area (Å²) >= 11 is 0. The van der Waals surface area contributed by atoms with Gasteiger partial charge in [0.1, 0.15) is 0 Å². The lowest BCUT2D eigenvalue weighted by Gasteiger charge is -2.18. The van der Waals surface area contributed by atoms with Gasteiger partial charge in [0.2, 0.25) is 5.76 Å². The molecule has 140 valence electrons. The average molecular weight is 369 g/mol. The predicted octanol–water partition coefficient (Wildman–Crippen LogP) is 3.25. The van der Waals surface area contributed by atoms with Crippen molar-refractivity contribution in [3.63, 3.8) is 0 Å². The fourth-order valence-electron chi connectivity index (χ4n) is 2.21. The minimum atomic E-state index is -2.98. The first-order valence-electron chi connectivity index (χ1n) is 7.61. The van der Waals surface area contributed by atoms with Gasteiger partial charge in [0, 0.05) is 13.6 Å². The highest BCUT2D eigenvalue weighted by Crippen LogP contribution is 2.30. The Labute approximate surface area is 147 Å². The molecule has 1 heterocycles. The second kappa shape index (κ2) is 8.32. The van der Waals surface area contributed by atoms with Crippen molar-refractivity contribution in [1.29, 1.82) is 0 Å². The largest absolute Gasteiger partial charge is 0.490 e. The Bertz CT molecular complexity index is 789. The van der Waals surface area contributed by atoms with Gasteiger partial charge in [0.25, 0.3) is 5.91 Å². The number of carbonyl (C=O) groups is 2. The maximum atomic E-state index is 12.4. The Morgan fingerprint density at radius 2 is 1.88 bits per heavy atom. The third-order valence-electron chi connectivity index (χ3n) is 3.32. The summed E-state index contributed by atoms with van der Waals surface area (Å²) in [5.74, 6) is -2.22. The maximum Gasteiger partial charge on any atom is 0.387 e. The van der Waals surface area contributed by atoms with Gasteiger partial charge in [-0.3, -0.25) is 4.79 Å². The molecule has 9 heteroatoms. The van der Waals surface area contributed by atoms with Crippen molar-refractivity contribution in [1.82, 2.24) is 4.90 Å². The van der Waals surface area contributed by atoms with Gasteiger partial charge in [-0.25, -0.2) is 4.79 Å². The summed E-state index contributed by atoms with van der Waals surface area (Å²) in [5.41, 5.74) is 0.607. The second-order valence-electron chi connectivity index (χ2n) is 5.22. The number of amides is 1. The number of halogens is 2. The average Bonchev–Trinajstić information content (AvgIpc) is 3.06. The van der Waals surface area contributed by atoms with E-state index in [4.69, 9.17) is 14.3 Å². The maximum absolute atomic E-state index is 12.4. The Morgan fingerprint density at radius 3 is 2.46 bits per heavy atom. The molecular weight excluding hydrogens is 352 g/mol. The third kappa shape index (κ3) is 4.71. The summed E-state index contributed by atoms with van der Waals surface area (Å²) in [6.45, 7) is -0.906. The van der Waals surface area contributed by atoms with Gasteiger partial charge in [0.05, 0.1) is 6.61 Å². The number of hydrogen-bond donors (Lipinski definition) is 1. The van der Waals surface area contributed by atoms with E-state index in [0.29, 0.717) is 5.56 Å². The van der Waals surface area contributed by atoms with Crippen LogP contribution in [-0.4, -0.2) is 42.1 Å².